The van der Waals surface area contributed by atoms with Crippen LogP contribution in [0.2, 0.25) is 0 Å². The smallest absolute Gasteiger partial charge is 0.229 e. The molecule has 0 saturated carbocycles. The first kappa shape index (κ1) is 16.2. The van der Waals surface area contributed by atoms with Gasteiger partial charge >= 0.3 is 0 Å². The van der Waals surface area contributed by atoms with Crippen LogP contribution in [0.25, 0.3) is 11.3 Å². The van der Waals surface area contributed by atoms with Gasteiger partial charge in [-0.25, -0.2) is 4.98 Å². The van der Waals surface area contributed by atoms with Crippen LogP contribution in [0, 0.1) is 12.8 Å². The Kier molecular flexibility index (Phi) is 4.82. The van der Waals surface area contributed by atoms with Crippen molar-refractivity contribution in [3.8, 4) is 11.3 Å². The summed E-state index contributed by atoms with van der Waals surface area (Å²) in [5.74, 6) is 1.03. The fraction of sp³-hybridized carbons (Fsp3) is 0.353. The minimum absolute atomic E-state index is 0.104. The van der Waals surface area contributed by atoms with E-state index < -0.39 is 0 Å². The van der Waals surface area contributed by atoms with E-state index in [-0.39, 0.29) is 16.9 Å². The molecule has 1 saturated heterocycles. The summed E-state index contributed by atoms with van der Waals surface area (Å²) in [4.78, 5) is 31.0. The van der Waals surface area contributed by atoms with Gasteiger partial charge in [-0.15, -0.1) is 11.3 Å². The van der Waals surface area contributed by atoms with E-state index in [4.69, 9.17) is 4.98 Å². The van der Waals surface area contributed by atoms with Gasteiger partial charge in [-0.2, -0.15) is 0 Å². The third-order valence-corrected chi connectivity index (χ3v) is 5.83. The van der Waals surface area contributed by atoms with Gasteiger partial charge in [0.1, 0.15) is 0 Å². The SMILES string of the molecule is CC(=O)SCC1CC(=O)N(c2nc(-c3ccccc3)c(C)s2)C1. The highest BCUT2D eigenvalue weighted by atomic mass is 32.2. The first-order valence-corrected chi connectivity index (χ1v) is 9.31. The Morgan fingerprint density at radius 2 is 2.13 bits per heavy atom. The maximum Gasteiger partial charge on any atom is 0.229 e. The van der Waals surface area contributed by atoms with Gasteiger partial charge in [-0.3, -0.25) is 14.5 Å². The molecule has 6 heteroatoms. The van der Waals surface area contributed by atoms with Crippen LogP contribution < -0.4 is 4.90 Å². The summed E-state index contributed by atoms with van der Waals surface area (Å²) < 4.78 is 0. The third kappa shape index (κ3) is 3.64. The maximum atomic E-state index is 12.3. The van der Waals surface area contributed by atoms with Crippen molar-refractivity contribution < 1.29 is 9.59 Å². The largest absolute Gasteiger partial charge is 0.288 e. The van der Waals surface area contributed by atoms with Crippen LogP contribution in [0.3, 0.4) is 0 Å². The molecule has 0 bridgehead atoms. The number of rotatable bonds is 4. The first-order valence-electron chi connectivity index (χ1n) is 7.51. The van der Waals surface area contributed by atoms with Crippen molar-refractivity contribution in [1.29, 1.82) is 0 Å². The Morgan fingerprint density at radius 1 is 1.39 bits per heavy atom. The standard InChI is InChI=1S/C17H18N2O2S2/c1-11-16(14-6-4-3-5-7-14)18-17(23-11)19-9-13(8-15(19)21)10-22-12(2)20/h3-7,13H,8-10H2,1-2H3. The highest BCUT2D eigenvalue weighted by molar-refractivity contribution is 8.13. The number of hydrogen-bond acceptors (Lipinski definition) is 5. The lowest BCUT2D eigenvalue weighted by Crippen LogP contribution is -2.24. The molecule has 0 N–H and O–H groups in total. The third-order valence-electron chi connectivity index (χ3n) is 3.79. The molecule has 23 heavy (non-hydrogen) atoms. The van der Waals surface area contributed by atoms with Gasteiger partial charge < -0.3 is 0 Å². The molecule has 0 spiro atoms. The van der Waals surface area contributed by atoms with Crippen molar-refractivity contribution in [2.75, 3.05) is 17.2 Å². The number of thioether (sulfide) groups is 1. The van der Waals surface area contributed by atoms with Crippen molar-refractivity contribution in [2.45, 2.75) is 20.3 Å². The molecule has 1 aliphatic rings. The molecule has 1 aromatic heterocycles. The average Bonchev–Trinajstić information content (AvgIpc) is 3.09. The summed E-state index contributed by atoms with van der Waals surface area (Å²) in [7, 11) is 0. The van der Waals surface area contributed by atoms with Crippen molar-refractivity contribution in [3.63, 3.8) is 0 Å². The first-order chi connectivity index (χ1) is 11.0. The zero-order valence-corrected chi connectivity index (χ0v) is 14.7. The van der Waals surface area contributed by atoms with Gasteiger partial charge in [0.15, 0.2) is 10.2 Å². The van der Waals surface area contributed by atoms with Crippen molar-refractivity contribution in [2.24, 2.45) is 5.92 Å². The minimum atomic E-state index is 0.104. The Morgan fingerprint density at radius 3 is 2.83 bits per heavy atom. The molecule has 1 atom stereocenters. The lowest BCUT2D eigenvalue weighted by molar-refractivity contribution is -0.117. The molecule has 0 radical (unpaired) electrons. The second kappa shape index (κ2) is 6.84. The molecule has 1 aromatic carbocycles. The number of aromatic nitrogens is 1. The summed E-state index contributed by atoms with van der Waals surface area (Å²) in [6.07, 6.45) is 0.500. The minimum Gasteiger partial charge on any atom is -0.288 e. The lowest BCUT2D eigenvalue weighted by Gasteiger charge is -2.12. The summed E-state index contributed by atoms with van der Waals surface area (Å²) in [6, 6.07) is 10.0. The van der Waals surface area contributed by atoms with E-state index >= 15 is 0 Å². The van der Waals surface area contributed by atoms with E-state index in [1.54, 1.807) is 23.2 Å². The van der Waals surface area contributed by atoms with Crippen molar-refractivity contribution >= 4 is 39.3 Å². The summed E-state index contributed by atoms with van der Waals surface area (Å²) in [6.45, 7) is 4.25. The Bertz CT molecular complexity index is 727. The number of nitrogens with zero attached hydrogens (tertiary/aromatic N) is 2. The molecular weight excluding hydrogens is 328 g/mol. The van der Waals surface area contributed by atoms with Crippen LogP contribution in [0.15, 0.2) is 30.3 Å². The molecule has 4 nitrogen and oxygen atoms in total. The van der Waals surface area contributed by atoms with E-state index in [0.717, 1.165) is 21.3 Å². The van der Waals surface area contributed by atoms with Gasteiger partial charge in [0, 0.05) is 36.1 Å². The van der Waals surface area contributed by atoms with E-state index in [1.807, 2.05) is 37.3 Å². The van der Waals surface area contributed by atoms with Crippen LogP contribution in [-0.4, -0.2) is 28.3 Å². The van der Waals surface area contributed by atoms with Crippen molar-refractivity contribution in [3.05, 3.63) is 35.2 Å². The van der Waals surface area contributed by atoms with E-state index in [0.29, 0.717) is 18.7 Å². The molecule has 1 amide bonds. The maximum absolute atomic E-state index is 12.3. The van der Waals surface area contributed by atoms with E-state index in [9.17, 15) is 9.59 Å². The van der Waals surface area contributed by atoms with Crippen LogP contribution in [-0.2, 0) is 9.59 Å². The fourth-order valence-electron chi connectivity index (χ4n) is 2.68. The highest BCUT2D eigenvalue weighted by Crippen LogP contribution is 2.35. The molecular formula is C17H18N2O2S2. The number of benzene rings is 1. The Hall–Kier alpha value is -1.66. The summed E-state index contributed by atoms with van der Waals surface area (Å²) in [5, 5.41) is 0.869. The molecule has 3 rings (SSSR count). The zero-order chi connectivity index (χ0) is 16.4. The number of thiazole rings is 1. The quantitative estimate of drug-likeness (QED) is 0.846. The molecule has 0 aliphatic carbocycles. The van der Waals surface area contributed by atoms with Crippen LogP contribution in [0.5, 0.6) is 0 Å². The van der Waals surface area contributed by atoms with E-state index in [1.165, 1.54) is 11.8 Å². The van der Waals surface area contributed by atoms with Gasteiger partial charge in [-0.1, -0.05) is 42.1 Å². The van der Waals surface area contributed by atoms with Crippen LogP contribution in [0.4, 0.5) is 5.13 Å². The van der Waals surface area contributed by atoms with Crippen molar-refractivity contribution in [1.82, 2.24) is 4.98 Å². The van der Waals surface area contributed by atoms with Crippen LogP contribution in [0.1, 0.15) is 18.2 Å². The summed E-state index contributed by atoms with van der Waals surface area (Å²) >= 11 is 2.86. The van der Waals surface area contributed by atoms with Gasteiger partial charge in [0.25, 0.3) is 0 Å². The molecule has 120 valence electrons. The molecule has 2 heterocycles. The van der Waals surface area contributed by atoms with Gasteiger partial charge in [0.05, 0.1) is 5.69 Å². The normalized spacial score (nSPS) is 17.7. The fourth-order valence-corrected chi connectivity index (χ4v) is 4.33. The Labute approximate surface area is 143 Å². The molecule has 1 unspecified atom stereocenters. The summed E-state index contributed by atoms with van der Waals surface area (Å²) in [5.41, 5.74) is 2.02. The predicted octanol–water partition coefficient (Wildman–Crippen LogP) is 3.75. The molecule has 2 aromatic rings. The monoisotopic (exact) mass is 346 g/mol. The highest BCUT2D eigenvalue weighted by Gasteiger charge is 2.32. The topological polar surface area (TPSA) is 50.3 Å². The van der Waals surface area contributed by atoms with Gasteiger partial charge in [-0.05, 0) is 12.8 Å². The Balaban J connectivity index is 1.78. The van der Waals surface area contributed by atoms with Crippen LogP contribution >= 0.6 is 23.1 Å². The molecule has 1 fully saturated rings. The van der Waals surface area contributed by atoms with Gasteiger partial charge in [0.2, 0.25) is 5.91 Å². The average molecular weight is 346 g/mol. The molecule has 1 aliphatic heterocycles. The van der Waals surface area contributed by atoms with E-state index in [2.05, 4.69) is 0 Å². The number of anilines is 1. The number of hydrogen-bond donors (Lipinski definition) is 0. The number of carbonyl (C=O) groups excluding carboxylic acids is 2. The lowest BCUT2D eigenvalue weighted by atomic mass is 10.1. The zero-order valence-electron chi connectivity index (χ0n) is 13.1. The number of amides is 1. The second-order valence-electron chi connectivity index (χ2n) is 5.64. The number of aryl methyl sites for hydroxylation is 1. The predicted molar refractivity (Wildman–Crippen MR) is 95.9 cm³/mol. The number of carbonyl (C=O) groups is 2. The second-order valence-corrected chi connectivity index (χ2v) is 8.02.